The first-order valence-corrected chi connectivity index (χ1v) is 9.46. The predicted octanol–water partition coefficient (Wildman–Crippen LogP) is 2.88. The van der Waals surface area contributed by atoms with Crippen molar-refractivity contribution < 1.29 is 4.79 Å². The van der Waals surface area contributed by atoms with E-state index in [9.17, 15) is 4.79 Å². The zero-order valence-corrected chi connectivity index (χ0v) is 15.9. The number of allylic oxidation sites excluding steroid dienone is 1. The van der Waals surface area contributed by atoms with E-state index in [0.29, 0.717) is 19.0 Å². The van der Waals surface area contributed by atoms with Crippen molar-refractivity contribution in [1.82, 2.24) is 19.9 Å². The SMILES string of the molecule is CC=CCCN(c1ncnc2[nH]ccc12)C1CN(C(=O)CC#N)CC[C@H]1C. The van der Waals surface area contributed by atoms with Gasteiger partial charge in [-0.1, -0.05) is 19.1 Å². The smallest absolute Gasteiger partial charge is 0.236 e. The van der Waals surface area contributed by atoms with Gasteiger partial charge in [0.15, 0.2) is 0 Å². The maximum absolute atomic E-state index is 12.3. The fraction of sp³-hybridized carbons (Fsp3) is 0.500. The molecule has 7 nitrogen and oxygen atoms in total. The Morgan fingerprint density at radius 2 is 2.37 bits per heavy atom. The number of nitrogens with zero attached hydrogens (tertiary/aromatic N) is 5. The first-order valence-electron chi connectivity index (χ1n) is 9.46. The number of anilines is 1. The number of rotatable bonds is 6. The fourth-order valence-corrected chi connectivity index (χ4v) is 3.76. The Balaban J connectivity index is 1.93. The largest absolute Gasteiger partial charge is 0.351 e. The minimum Gasteiger partial charge on any atom is -0.351 e. The standard InChI is InChI=1S/C20H26N6O/c1-3-4-5-11-26(20-16-7-10-22-19(16)23-14-24-20)17-13-25(12-8-15(17)2)18(27)6-9-21/h3-4,7,10,14-15,17H,5-6,8,11-13H2,1-2H3,(H,22,23,24)/t15-,17?/m1/s1. The average molecular weight is 366 g/mol. The van der Waals surface area contributed by atoms with E-state index in [1.54, 1.807) is 6.33 Å². The molecule has 1 aliphatic rings. The maximum atomic E-state index is 12.3. The third kappa shape index (κ3) is 4.11. The summed E-state index contributed by atoms with van der Waals surface area (Å²) in [6, 6.07) is 4.13. The molecule has 1 amide bonds. The van der Waals surface area contributed by atoms with Gasteiger partial charge in [-0.2, -0.15) is 5.26 Å². The van der Waals surface area contributed by atoms with Crippen LogP contribution in [0.5, 0.6) is 0 Å². The van der Waals surface area contributed by atoms with Gasteiger partial charge in [-0.15, -0.1) is 0 Å². The van der Waals surface area contributed by atoms with E-state index >= 15 is 0 Å². The van der Waals surface area contributed by atoms with Crippen LogP contribution in [0.2, 0.25) is 0 Å². The van der Waals surface area contributed by atoms with E-state index in [0.717, 1.165) is 36.2 Å². The lowest BCUT2D eigenvalue weighted by Crippen LogP contribution is -2.54. The van der Waals surface area contributed by atoms with Crippen LogP contribution in [0.4, 0.5) is 5.82 Å². The fourth-order valence-electron chi connectivity index (χ4n) is 3.76. The normalized spacial score (nSPS) is 20.1. The molecular weight excluding hydrogens is 340 g/mol. The molecule has 0 aliphatic carbocycles. The molecule has 7 heteroatoms. The number of carbonyl (C=O) groups excluding carboxylic acids is 1. The Morgan fingerprint density at radius 3 is 3.15 bits per heavy atom. The van der Waals surface area contributed by atoms with Crippen LogP contribution < -0.4 is 4.90 Å². The van der Waals surface area contributed by atoms with Crippen molar-refractivity contribution in [2.75, 3.05) is 24.5 Å². The van der Waals surface area contributed by atoms with Gasteiger partial charge in [0.05, 0.1) is 17.5 Å². The Hall–Kier alpha value is -2.88. The third-order valence-corrected chi connectivity index (χ3v) is 5.28. The number of amides is 1. The first kappa shape index (κ1) is 18.9. The molecule has 1 aliphatic heterocycles. The molecule has 27 heavy (non-hydrogen) atoms. The van der Waals surface area contributed by atoms with Crippen LogP contribution in [0.3, 0.4) is 0 Å². The summed E-state index contributed by atoms with van der Waals surface area (Å²) in [7, 11) is 0. The topological polar surface area (TPSA) is 88.9 Å². The van der Waals surface area contributed by atoms with Gasteiger partial charge in [-0.3, -0.25) is 4.79 Å². The lowest BCUT2D eigenvalue weighted by atomic mass is 9.91. The van der Waals surface area contributed by atoms with E-state index < -0.39 is 0 Å². The van der Waals surface area contributed by atoms with Gasteiger partial charge in [-0.25, -0.2) is 9.97 Å². The van der Waals surface area contributed by atoms with Crippen LogP contribution in [0.1, 0.15) is 33.1 Å². The summed E-state index contributed by atoms with van der Waals surface area (Å²) in [6.07, 6.45) is 9.43. The summed E-state index contributed by atoms with van der Waals surface area (Å²) in [6.45, 7) is 6.40. The minimum absolute atomic E-state index is 0.0603. The number of hydrogen-bond acceptors (Lipinski definition) is 5. The lowest BCUT2D eigenvalue weighted by Gasteiger charge is -2.43. The molecule has 2 atom stereocenters. The van der Waals surface area contributed by atoms with Crippen LogP contribution >= 0.6 is 0 Å². The number of nitrogens with one attached hydrogen (secondary N) is 1. The molecule has 1 N–H and O–H groups in total. The van der Waals surface area contributed by atoms with Crippen LogP contribution in [0.25, 0.3) is 11.0 Å². The molecule has 142 valence electrons. The number of nitriles is 1. The monoisotopic (exact) mass is 366 g/mol. The van der Waals surface area contributed by atoms with Gasteiger partial charge < -0.3 is 14.8 Å². The Labute approximate surface area is 159 Å². The Morgan fingerprint density at radius 1 is 1.52 bits per heavy atom. The molecule has 0 radical (unpaired) electrons. The van der Waals surface area contributed by atoms with Crippen molar-refractivity contribution in [3.05, 3.63) is 30.7 Å². The molecule has 3 rings (SSSR count). The molecule has 0 aromatic carbocycles. The second-order valence-corrected chi connectivity index (χ2v) is 7.00. The van der Waals surface area contributed by atoms with Crippen molar-refractivity contribution in [2.24, 2.45) is 5.92 Å². The summed E-state index contributed by atoms with van der Waals surface area (Å²) in [4.78, 5) is 28.5. The van der Waals surface area contributed by atoms with Crippen molar-refractivity contribution in [2.45, 2.75) is 39.2 Å². The van der Waals surface area contributed by atoms with Crippen LogP contribution in [-0.4, -0.2) is 51.4 Å². The number of aromatic amines is 1. The van der Waals surface area contributed by atoms with E-state index in [1.165, 1.54) is 0 Å². The molecule has 0 spiro atoms. The number of aromatic nitrogens is 3. The molecule has 0 saturated carbocycles. The molecule has 2 aromatic heterocycles. The van der Waals surface area contributed by atoms with E-state index in [-0.39, 0.29) is 18.4 Å². The van der Waals surface area contributed by atoms with Gasteiger partial charge >= 0.3 is 0 Å². The molecule has 2 aromatic rings. The van der Waals surface area contributed by atoms with Crippen molar-refractivity contribution in [1.29, 1.82) is 5.26 Å². The van der Waals surface area contributed by atoms with Crippen molar-refractivity contribution >= 4 is 22.8 Å². The highest BCUT2D eigenvalue weighted by Crippen LogP contribution is 2.30. The Bertz CT molecular complexity index is 852. The molecule has 1 saturated heterocycles. The number of hydrogen-bond donors (Lipinski definition) is 1. The summed E-state index contributed by atoms with van der Waals surface area (Å²) in [5.74, 6) is 1.24. The predicted molar refractivity (Wildman–Crippen MR) is 105 cm³/mol. The van der Waals surface area contributed by atoms with E-state index in [2.05, 4.69) is 38.9 Å². The number of piperidine rings is 1. The molecule has 0 bridgehead atoms. The van der Waals surface area contributed by atoms with E-state index in [1.807, 2.05) is 30.2 Å². The second kappa shape index (κ2) is 8.67. The average Bonchev–Trinajstić information content (AvgIpc) is 3.15. The zero-order valence-electron chi connectivity index (χ0n) is 15.9. The molecule has 1 fully saturated rings. The van der Waals surface area contributed by atoms with Crippen LogP contribution in [-0.2, 0) is 4.79 Å². The highest BCUT2D eigenvalue weighted by Gasteiger charge is 2.34. The molecule has 3 heterocycles. The summed E-state index contributed by atoms with van der Waals surface area (Å²) in [5, 5.41) is 9.87. The zero-order chi connectivity index (χ0) is 19.2. The van der Waals surface area contributed by atoms with Gasteiger partial charge in [0.1, 0.15) is 24.2 Å². The third-order valence-electron chi connectivity index (χ3n) is 5.28. The van der Waals surface area contributed by atoms with Crippen molar-refractivity contribution in [3.63, 3.8) is 0 Å². The first-order chi connectivity index (χ1) is 13.2. The molecule has 1 unspecified atom stereocenters. The summed E-state index contributed by atoms with van der Waals surface area (Å²) < 4.78 is 0. The highest BCUT2D eigenvalue weighted by atomic mass is 16.2. The quantitative estimate of drug-likeness (QED) is 0.794. The number of fused-ring (bicyclic) bond motifs is 1. The highest BCUT2D eigenvalue weighted by molar-refractivity contribution is 5.87. The number of H-pyrrole nitrogens is 1. The van der Waals surface area contributed by atoms with Gasteiger partial charge in [-0.05, 0) is 31.7 Å². The lowest BCUT2D eigenvalue weighted by molar-refractivity contribution is -0.131. The summed E-state index contributed by atoms with van der Waals surface area (Å²) in [5.41, 5.74) is 0.817. The second-order valence-electron chi connectivity index (χ2n) is 7.00. The summed E-state index contributed by atoms with van der Waals surface area (Å²) >= 11 is 0. The van der Waals surface area contributed by atoms with Crippen LogP contribution in [0.15, 0.2) is 30.7 Å². The number of likely N-dealkylation sites (tertiary alicyclic amines) is 1. The van der Waals surface area contributed by atoms with E-state index in [4.69, 9.17) is 5.26 Å². The van der Waals surface area contributed by atoms with Gasteiger partial charge in [0.25, 0.3) is 0 Å². The Kier molecular flexibility index (Phi) is 6.07. The van der Waals surface area contributed by atoms with Crippen LogP contribution in [0, 0.1) is 17.2 Å². The van der Waals surface area contributed by atoms with Gasteiger partial charge in [0, 0.05) is 25.8 Å². The molecular formula is C20H26N6O. The minimum atomic E-state index is -0.0858. The number of carbonyl (C=O) groups is 1. The van der Waals surface area contributed by atoms with Crippen molar-refractivity contribution in [3.8, 4) is 6.07 Å². The van der Waals surface area contributed by atoms with Gasteiger partial charge in [0.2, 0.25) is 5.91 Å². The maximum Gasteiger partial charge on any atom is 0.236 e.